The molecule has 7 heterocycles. The molecule has 123 heavy (non-hydrogen) atoms. The van der Waals surface area contributed by atoms with Gasteiger partial charge in [0, 0.05) is 89.6 Å². The van der Waals surface area contributed by atoms with E-state index in [1.54, 1.807) is 93.9 Å². The van der Waals surface area contributed by atoms with Gasteiger partial charge in [-0.15, -0.1) is 56.7 Å². The number of thiophene rings is 5. The van der Waals surface area contributed by atoms with Gasteiger partial charge in [-0.25, -0.2) is 22.0 Å². The van der Waals surface area contributed by atoms with Crippen LogP contribution in [0.25, 0.3) is 50.4 Å². The fraction of sp³-hybridized carbons (Fsp3) is 0.255. The van der Waals surface area contributed by atoms with Crippen LogP contribution in [0.1, 0.15) is 147 Å². The first-order chi connectivity index (χ1) is 59.1. The zero-order valence-corrected chi connectivity index (χ0v) is 76.4. The van der Waals surface area contributed by atoms with Gasteiger partial charge in [0.25, 0.3) is 0 Å². The van der Waals surface area contributed by atoms with Crippen molar-refractivity contribution in [2.24, 2.45) is 0 Å². The van der Waals surface area contributed by atoms with E-state index in [2.05, 4.69) is 133 Å². The third kappa shape index (κ3) is 22.8. The second kappa shape index (κ2) is 41.2. The van der Waals surface area contributed by atoms with Gasteiger partial charge in [0.1, 0.15) is 65.4 Å². The zero-order valence-electron chi connectivity index (χ0n) is 69.1. The Morgan fingerprint density at radius 1 is 0.431 bits per heavy atom. The monoisotopic (exact) mass is 1880 g/mol. The summed E-state index contributed by atoms with van der Waals surface area (Å²) in [6, 6.07) is 71.2. The van der Waals surface area contributed by atoms with Gasteiger partial charge in [-0.05, 0) is 311 Å². The highest BCUT2D eigenvalue weighted by Crippen LogP contribution is 2.44. The van der Waals surface area contributed by atoms with Crippen LogP contribution in [-0.4, -0.2) is 68.8 Å². The molecule has 0 radical (unpaired) electrons. The topological polar surface area (TPSA) is 138 Å². The second-order valence-corrected chi connectivity index (χ2v) is 38.9. The number of benzene rings is 11. The number of aryl methyl sites for hydroxylation is 7. The first kappa shape index (κ1) is 90.6. The van der Waals surface area contributed by atoms with E-state index < -0.39 is 30.5 Å². The lowest BCUT2D eigenvalue weighted by atomic mass is 9.87. The summed E-state index contributed by atoms with van der Waals surface area (Å²) in [4.78, 5) is 4.36. The minimum Gasteiger partial charge on any atom is -0.508 e. The predicted molar refractivity (Wildman–Crippen MR) is 501 cm³/mol. The molecule has 18 rings (SSSR count). The van der Waals surface area contributed by atoms with Crippen LogP contribution < -0.4 is 0 Å². The summed E-state index contributed by atoms with van der Waals surface area (Å²) < 4.78 is 99.8. The molecule has 0 amide bonds. The van der Waals surface area contributed by atoms with Gasteiger partial charge in [0.05, 0.1) is 44.2 Å². The highest BCUT2D eigenvalue weighted by atomic mass is 79.9. The molecule has 11 aromatic carbocycles. The summed E-state index contributed by atoms with van der Waals surface area (Å²) in [5.41, 5.74) is 16.2. The minimum atomic E-state index is -1.20. The Balaban J connectivity index is 0.000000134. The number of aromatic hydroxyl groups is 1. The van der Waals surface area contributed by atoms with Crippen LogP contribution in [0.4, 0.5) is 22.0 Å². The summed E-state index contributed by atoms with van der Waals surface area (Å²) in [5.74, 6) is -1.08. The average molecular weight is 1880 g/mol. The molecule has 1 unspecified atom stereocenters. The summed E-state index contributed by atoms with van der Waals surface area (Å²) in [6.45, 7) is 17.4. The third-order valence-electron chi connectivity index (χ3n) is 22.4. The molecule has 0 aliphatic carbocycles. The van der Waals surface area contributed by atoms with Crippen LogP contribution in [0.2, 0.25) is 0 Å². The maximum absolute atomic E-state index is 13.9. The van der Waals surface area contributed by atoms with Crippen molar-refractivity contribution in [3.05, 3.63) is 377 Å². The van der Waals surface area contributed by atoms with Gasteiger partial charge >= 0.3 is 0 Å². The number of aliphatic hydroxyl groups is 4. The number of ether oxygens (including phenoxy) is 4. The van der Waals surface area contributed by atoms with E-state index in [1.165, 1.54) is 96.9 Å². The lowest BCUT2D eigenvalue weighted by molar-refractivity contribution is -0.211. The standard InChI is InChI=1S/C38H39FO3S.C22H23FO5S.C17H14BrFOS.C17H14BrFS.C8H5FS/c1-4-32-22-35(40-23-27-11-7-5-8-12-27)38(41-24-28-13-9-6-10-14-28)37(42-32)34-21-29(25(2)17-26(34)3)19-33-20-30-18-31(39)15-16-36(30)43-33;1-11-4-18(25)17(22-21(27)19(26)9-15(10-24)28-22)8-12(11)6-16-7-13-5-14(23)2-3-20(13)29-16;1-9-5-10(2)14(18)8-13(9)17(20)16-7-11-6-12(19)3-4-15(11)21-16;1-10-5-11(2)16(18)9-12(10)7-15-8-13-6-14(19)3-4-17(13)20-15;9-7-1-2-8-6(5-7)3-4-10-8/h5-18,20-21,32,35,37-38H,4,19,22-24H2,1-3H3;2-5,7-8,15,19,21-22,24-27H,6,9-10H2,1H3;3-8,17,20H,1-2H3;3-6,8-9H,7H2,1-2H3;1-5H/t32-,35+,37+,38-;15-,19-,21+,22-;;;/m10.../s1. The van der Waals surface area contributed by atoms with E-state index in [0.29, 0.717) is 25.2 Å². The van der Waals surface area contributed by atoms with Gasteiger partial charge in [-0.1, -0.05) is 124 Å². The van der Waals surface area contributed by atoms with Crippen LogP contribution in [0.15, 0.2) is 245 Å². The molecule has 9 atom stereocenters. The van der Waals surface area contributed by atoms with Crippen molar-refractivity contribution < 1.29 is 66.4 Å². The van der Waals surface area contributed by atoms with E-state index in [1.807, 2.05) is 98.9 Å². The van der Waals surface area contributed by atoms with Crippen molar-refractivity contribution >= 4 is 139 Å². The molecule has 16 aromatic rings. The largest absolute Gasteiger partial charge is 0.508 e. The van der Waals surface area contributed by atoms with Crippen molar-refractivity contribution in [3.8, 4) is 5.75 Å². The minimum absolute atomic E-state index is 0.0282. The van der Waals surface area contributed by atoms with E-state index >= 15 is 0 Å². The Morgan fingerprint density at radius 3 is 1.39 bits per heavy atom. The molecule has 5 N–H and O–H groups in total. The molecule has 5 aromatic heterocycles. The summed E-state index contributed by atoms with van der Waals surface area (Å²) in [7, 11) is 0. The molecule has 2 aliphatic heterocycles. The Morgan fingerprint density at radius 2 is 0.870 bits per heavy atom. The van der Waals surface area contributed by atoms with E-state index in [4.69, 9.17) is 18.9 Å². The number of aliphatic hydroxyl groups excluding tert-OH is 4. The van der Waals surface area contributed by atoms with Crippen molar-refractivity contribution in [1.29, 1.82) is 0 Å². The van der Waals surface area contributed by atoms with Crippen molar-refractivity contribution in [2.45, 2.75) is 162 Å². The van der Waals surface area contributed by atoms with Crippen molar-refractivity contribution in [3.63, 3.8) is 0 Å². The molecule has 2 fully saturated rings. The molecule has 0 saturated carbocycles. The Bertz CT molecular complexity index is 6350. The molecule has 636 valence electrons. The summed E-state index contributed by atoms with van der Waals surface area (Å²) >= 11 is 15.3. The Labute approximate surface area is 750 Å². The smallest absolute Gasteiger partial charge is 0.123 e. The first-order valence-electron chi connectivity index (χ1n) is 40.7. The summed E-state index contributed by atoms with van der Waals surface area (Å²) in [5, 5.41) is 57.6. The third-order valence-corrected chi connectivity index (χ3v) is 29.6. The lowest BCUT2D eigenvalue weighted by Crippen LogP contribution is -2.46. The van der Waals surface area contributed by atoms with Gasteiger partial charge in [0.2, 0.25) is 0 Å². The van der Waals surface area contributed by atoms with Gasteiger partial charge < -0.3 is 44.5 Å². The fourth-order valence-corrected chi connectivity index (χ4v) is 21.5. The van der Waals surface area contributed by atoms with Gasteiger partial charge in [0.15, 0.2) is 0 Å². The molecule has 0 bridgehead atoms. The first-order valence-corrected chi connectivity index (χ1v) is 46.5. The number of rotatable bonds is 18. The predicted octanol–water partition coefficient (Wildman–Crippen LogP) is 27.4. The average Bonchev–Trinajstić information content (AvgIpc) is 1.49. The van der Waals surface area contributed by atoms with Crippen molar-refractivity contribution in [1.82, 2.24) is 0 Å². The second-order valence-electron chi connectivity index (χ2n) is 31.6. The van der Waals surface area contributed by atoms with Gasteiger partial charge in [-0.3, -0.25) is 0 Å². The normalized spacial score (nSPS) is 17.9. The number of hydrogen-bond donors (Lipinski definition) is 5. The number of halogens is 7. The quantitative estimate of drug-likeness (QED) is 0.0532. The van der Waals surface area contributed by atoms with Crippen LogP contribution in [0.3, 0.4) is 0 Å². The van der Waals surface area contributed by atoms with Crippen molar-refractivity contribution in [2.75, 3.05) is 6.61 Å². The lowest BCUT2D eigenvalue weighted by Gasteiger charge is -2.42. The SMILES string of the molecule is CC[C@@H]1C[C@H](OCc2ccccc2)[C@@H](OCc2ccccc2)[C@H](c2cc(Cc3cc4cc(F)ccc4s3)c(C)cc2C)O1.Cc1cc(C)c(C(O)c2cc3cc(F)ccc3s2)cc1Br.Cc1cc(C)c(Cc2cc3cc(F)ccc3s2)cc1Br.Cc1cc(O)c([C@@H]2O[C@H](CO)C[C@H](O)[C@H]2O)cc1Cc1cc2cc(F)ccc2s1.Fc1ccc2sccc2c1. The number of phenols is 1. The Hall–Kier alpha value is -8.69. The molecule has 2 saturated heterocycles. The summed E-state index contributed by atoms with van der Waals surface area (Å²) in [6.07, 6.45) is -0.989. The molecular formula is C102H95Br2F5O9S5. The van der Waals surface area contributed by atoms with Gasteiger partial charge in [-0.2, -0.15) is 0 Å². The number of hydrogen-bond acceptors (Lipinski definition) is 14. The molecule has 9 nitrogen and oxygen atoms in total. The maximum atomic E-state index is 13.9. The van der Waals surface area contributed by atoms with Crippen LogP contribution in [0, 0.1) is 77.6 Å². The van der Waals surface area contributed by atoms with Crippen LogP contribution >= 0.6 is 88.5 Å². The molecule has 0 spiro atoms. The number of phenolic OH excluding ortho intramolecular Hbond substituents is 1. The van der Waals surface area contributed by atoms with Crippen LogP contribution in [-0.2, 0) is 51.4 Å². The van der Waals surface area contributed by atoms with E-state index in [-0.39, 0.29) is 72.3 Å². The molecular weight excluding hydrogens is 1780 g/mol. The molecule has 21 heteroatoms. The maximum Gasteiger partial charge on any atom is 0.123 e. The fourth-order valence-electron chi connectivity index (χ4n) is 15.7. The highest BCUT2D eigenvalue weighted by Gasteiger charge is 2.42. The van der Waals surface area contributed by atoms with E-state index in [0.717, 1.165) is 139 Å². The Kier molecular flexibility index (Phi) is 30.3. The highest BCUT2D eigenvalue weighted by molar-refractivity contribution is 9.10. The zero-order chi connectivity index (χ0) is 86.9. The molecule has 2 aliphatic rings. The number of fused-ring (bicyclic) bond motifs is 5. The van der Waals surface area contributed by atoms with E-state index in [9.17, 15) is 47.5 Å². The van der Waals surface area contributed by atoms with Crippen LogP contribution in [0.5, 0.6) is 5.75 Å².